The molecule has 1 atom stereocenters. The van der Waals surface area contributed by atoms with Crippen LogP contribution in [-0.4, -0.2) is 33.0 Å². The number of benzene rings is 2. The van der Waals surface area contributed by atoms with Crippen molar-refractivity contribution >= 4 is 29.3 Å². The number of hydrogen-bond acceptors (Lipinski definition) is 4. The predicted octanol–water partition coefficient (Wildman–Crippen LogP) is 2.88. The molecule has 0 radical (unpaired) electrons. The molecule has 1 amide bonds. The molecule has 0 aliphatic heterocycles. The fourth-order valence-corrected chi connectivity index (χ4v) is 3.08. The summed E-state index contributed by atoms with van der Waals surface area (Å²) in [6.45, 7) is 0.412. The van der Waals surface area contributed by atoms with Crippen molar-refractivity contribution in [2.75, 3.05) is 12.3 Å². The Kier molecular flexibility index (Phi) is 5.19. The molecule has 0 aliphatic rings. The summed E-state index contributed by atoms with van der Waals surface area (Å²) in [4.78, 5) is 12.7. The van der Waals surface area contributed by atoms with E-state index in [0.29, 0.717) is 29.5 Å². The van der Waals surface area contributed by atoms with Crippen LogP contribution in [0.1, 0.15) is 11.6 Å². The average Bonchev–Trinajstić information content (AvgIpc) is 2.90. The van der Waals surface area contributed by atoms with Gasteiger partial charge >= 0.3 is 0 Å². The molecule has 1 aromatic heterocycles. The van der Waals surface area contributed by atoms with E-state index >= 15 is 0 Å². The lowest BCUT2D eigenvalue weighted by Gasteiger charge is -2.20. The summed E-state index contributed by atoms with van der Waals surface area (Å²) in [7, 11) is 0. The third-order valence-electron chi connectivity index (χ3n) is 4.16. The van der Waals surface area contributed by atoms with Gasteiger partial charge < -0.3 is 15.5 Å². The fraction of sp³-hybridized carbons (Fsp3) is 0.211. The van der Waals surface area contributed by atoms with E-state index in [2.05, 4.69) is 17.9 Å². The molecular formula is C19H20N2O3S. The standard InChI is InChI=1S/C19H20N2O3S/c22-17(20-10-11-25)16(12-13-6-2-1-3-7-13)21-18(23)14-8-4-5-9-15(14)19(21)24/h1-9,16,23-25H,10-12H2,(H,20,22). The number of amides is 1. The molecule has 1 heterocycles. The number of thiol groups is 1. The number of carbonyl (C=O) groups is 1. The number of carbonyl (C=O) groups excluding carboxylic acids is 1. The first-order valence-electron chi connectivity index (χ1n) is 8.07. The fourth-order valence-electron chi connectivity index (χ4n) is 2.96. The molecule has 0 bridgehead atoms. The van der Waals surface area contributed by atoms with E-state index in [4.69, 9.17) is 0 Å². The van der Waals surface area contributed by atoms with Crippen molar-refractivity contribution in [2.45, 2.75) is 12.5 Å². The number of nitrogens with zero attached hydrogens (tertiary/aromatic N) is 1. The summed E-state index contributed by atoms with van der Waals surface area (Å²) >= 11 is 4.11. The van der Waals surface area contributed by atoms with Crippen LogP contribution in [0.2, 0.25) is 0 Å². The SMILES string of the molecule is O=C(NCCS)C(Cc1ccccc1)n1c(O)c2ccccc2c1O. The zero-order chi connectivity index (χ0) is 17.8. The first kappa shape index (κ1) is 17.2. The van der Waals surface area contributed by atoms with Gasteiger partial charge in [-0.15, -0.1) is 0 Å². The maximum atomic E-state index is 12.7. The van der Waals surface area contributed by atoms with Crippen LogP contribution in [0.5, 0.6) is 11.8 Å². The molecule has 2 aromatic carbocycles. The quantitative estimate of drug-likeness (QED) is 0.513. The largest absolute Gasteiger partial charge is 0.494 e. The lowest BCUT2D eigenvalue weighted by atomic mass is 10.0. The maximum Gasteiger partial charge on any atom is 0.243 e. The highest BCUT2D eigenvalue weighted by atomic mass is 32.1. The average molecular weight is 356 g/mol. The van der Waals surface area contributed by atoms with Gasteiger partial charge in [0.05, 0.1) is 0 Å². The first-order valence-corrected chi connectivity index (χ1v) is 8.70. The zero-order valence-corrected chi connectivity index (χ0v) is 14.5. The van der Waals surface area contributed by atoms with Crippen molar-refractivity contribution in [2.24, 2.45) is 0 Å². The molecule has 3 aromatic rings. The molecule has 0 spiro atoms. The molecule has 0 aliphatic carbocycles. The van der Waals surface area contributed by atoms with Gasteiger partial charge in [0.2, 0.25) is 17.7 Å². The van der Waals surface area contributed by atoms with Crippen LogP contribution in [0.4, 0.5) is 0 Å². The van der Waals surface area contributed by atoms with Crippen LogP contribution < -0.4 is 5.32 Å². The number of nitrogens with one attached hydrogen (secondary N) is 1. The number of fused-ring (bicyclic) bond motifs is 1. The minimum Gasteiger partial charge on any atom is -0.494 e. The normalized spacial score (nSPS) is 12.2. The maximum absolute atomic E-state index is 12.7. The molecular weight excluding hydrogens is 336 g/mol. The Labute approximate surface area is 151 Å². The van der Waals surface area contributed by atoms with Crippen LogP contribution in [0.3, 0.4) is 0 Å². The number of aromatic hydroxyl groups is 2. The van der Waals surface area contributed by atoms with Gasteiger partial charge in [0.1, 0.15) is 6.04 Å². The summed E-state index contributed by atoms with van der Waals surface area (Å²) in [5.74, 6) is 0.00371. The molecule has 0 saturated carbocycles. The van der Waals surface area contributed by atoms with Crippen molar-refractivity contribution in [1.29, 1.82) is 0 Å². The lowest BCUT2D eigenvalue weighted by molar-refractivity contribution is -0.124. The molecule has 130 valence electrons. The van der Waals surface area contributed by atoms with E-state index < -0.39 is 6.04 Å². The van der Waals surface area contributed by atoms with Crippen molar-refractivity contribution in [3.63, 3.8) is 0 Å². The van der Waals surface area contributed by atoms with Crippen LogP contribution in [0.25, 0.3) is 10.8 Å². The molecule has 3 N–H and O–H groups in total. The van der Waals surface area contributed by atoms with Crippen molar-refractivity contribution in [3.8, 4) is 11.8 Å². The molecule has 1 unspecified atom stereocenters. The topological polar surface area (TPSA) is 74.5 Å². The Morgan fingerprint density at radius 3 is 2.12 bits per heavy atom. The van der Waals surface area contributed by atoms with Gasteiger partial charge in [-0.25, -0.2) is 0 Å². The van der Waals surface area contributed by atoms with E-state index in [9.17, 15) is 15.0 Å². The number of hydrogen-bond donors (Lipinski definition) is 4. The third kappa shape index (κ3) is 3.44. The van der Waals surface area contributed by atoms with Crippen LogP contribution in [-0.2, 0) is 11.2 Å². The first-order chi connectivity index (χ1) is 12.1. The van der Waals surface area contributed by atoms with Gasteiger partial charge in [-0.05, 0) is 17.7 Å². The lowest BCUT2D eigenvalue weighted by Crippen LogP contribution is -2.34. The Balaban J connectivity index is 2.06. The van der Waals surface area contributed by atoms with E-state index in [1.165, 1.54) is 4.57 Å². The highest BCUT2D eigenvalue weighted by molar-refractivity contribution is 7.80. The summed E-state index contributed by atoms with van der Waals surface area (Å²) < 4.78 is 1.30. The number of aromatic nitrogens is 1. The minimum atomic E-state index is -0.769. The van der Waals surface area contributed by atoms with Crippen molar-refractivity contribution in [1.82, 2.24) is 9.88 Å². The highest BCUT2D eigenvalue weighted by Gasteiger charge is 2.28. The molecule has 25 heavy (non-hydrogen) atoms. The highest BCUT2D eigenvalue weighted by Crippen LogP contribution is 2.39. The minimum absolute atomic E-state index is 0.116. The Hall–Kier alpha value is -2.60. The van der Waals surface area contributed by atoms with Crippen LogP contribution >= 0.6 is 12.6 Å². The Morgan fingerprint density at radius 2 is 1.56 bits per heavy atom. The van der Waals surface area contributed by atoms with E-state index in [-0.39, 0.29) is 17.7 Å². The summed E-state index contributed by atoms with van der Waals surface area (Å²) in [6, 6.07) is 15.7. The van der Waals surface area contributed by atoms with Crippen molar-refractivity contribution in [3.05, 3.63) is 60.2 Å². The van der Waals surface area contributed by atoms with Crippen molar-refractivity contribution < 1.29 is 15.0 Å². The van der Waals surface area contributed by atoms with Crippen LogP contribution in [0, 0.1) is 0 Å². The van der Waals surface area contributed by atoms with E-state index in [1.54, 1.807) is 24.3 Å². The summed E-state index contributed by atoms with van der Waals surface area (Å²) in [5.41, 5.74) is 0.935. The molecule has 0 fully saturated rings. The van der Waals surface area contributed by atoms with Gasteiger partial charge in [0.15, 0.2) is 0 Å². The third-order valence-corrected chi connectivity index (χ3v) is 4.39. The van der Waals surface area contributed by atoms with Gasteiger partial charge in [-0.1, -0.05) is 42.5 Å². The van der Waals surface area contributed by atoms with Gasteiger partial charge in [-0.2, -0.15) is 12.6 Å². The second-order valence-electron chi connectivity index (χ2n) is 5.78. The second kappa shape index (κ2) is 7.53. The smallest absolute Gasteiger partial charge is 0.243 e. The van der Waals surface area contributed by atoms with Gasteiger partial charge in [0, 0.05) is 29.5 Å². The van der Waals surface area contributed by atoms with Gasteiger partial charge in [0.25, 0.3) is 0 Å². The van der Waals surface area contributed by atoms with E-state index in [0.717, 1.165) is 5.56 Å². The Bertz CT molecular complexity index is 838. The molecule has 5 nitrogen and oxygen atoms in total. The van der Waals surface area contributed by atoms with E-state index in [1.807, 2.05) is 30.3 Å². The summed E-state index contributed by atoms with van der Waals surface area (Å²) in [6.07, 6.45) is 0.349. The summed E-state index contributed by atoms with van der Waals surface area (Å²) in [5, 5.41) is 25.0. The molecule has 0 saturated heterocycles. The molecule has 6 heteroatoms. The second-order valence-corrected chi connectivity index (χ2v) is 6.23. The molecule has 3 rings (SSSR count). The van der Waals surface area contributed by atoms with Gasteiger partial charge in [-0.3, -0.25) is 9.36 Å². The Morgan fingerprint density at radius 1 is 1.00 bits per heavy atom. The predicted molar refractivity (Wildman–Crippen MR) is 101 cm³/mol. The van der Waals surface area contributed by atoms with Crippen LogP contribution in [0.15, 0.2) is 54.6 Å². The zero-order valence-electron chi connectivity index (χ0n) is 13.6. The number of rotatable bonds is 6. The monoisotopic (exact) mass is 356 g/mol.